The number of ether oxygens (including phenoxy) is 1. The molecular weight excluding hydrogens is 447 g/mol. The summed E-state index contributed by atoms with van der Waals surface area (Å²) in [6, 6.07) is 3.81. The third kappa shape index (κ3) is 4.27. The molecule has 0 spiro atoms. The molecule has 0 bridgehead atoms. The van der Waals surface area contributed by atoms with Crippen molar-refractivity contribution >= 4 is 28.5 Å². The summed E-state index contributed by atoms with van der Waals surface area (Å²) in [6.45, 7) is 0.976. The second kappa shape index (κ2) is 7.35. The van der Waals surface area contributed by atoms with Crippen LogP contribution in [-0.4, -0.2) is 15.6 Å². The van der Waals surface area contributed by atoms with Crippen LogP contribution in [0.1, 0.15) is 18.3 Å². The largest absolute Gasteiger partial charge is 0.453 e. The van der Waals surface area contributed by atoms with Crippen molar-refractivity contribution in [3.05, 3.63) is 52.6 Å². The Bertz CT molecular complexity index is 1120. The fourth-order valence-electron chi connectivity index (χ4n) is 2.52. The van der Waals surface area contributed by atoms with E-state index in [1.54, 1.807) is 0 Å². The molecule has 13 heteroatoms. The van der Waals surface area contributed by atoms with Crippen LogP contribution in [0.2, 0.25) is 5.02 Å². The number of nitrogens with one attached hydrogen (secondary N) is 1. The molecule has 3 rings (SSSR count). The molecule has 0 atom stereocenters. The summed E-state index contributed by atoms with van der Waals surface area (Å²) < 4.78 is 97.4. The van der Waals surface area contributed by atoms with Crippen molar-refractivity contribution in [2.45, 2.75) is 19.3 Å². The lowest BCUT2D eigenvalue weighted by atomic mass is 10.2. The fraction of sp³-hybridized carbons (Fsp3) is 0.176. The molecule has 30 heavy (non-hydrogen) atoms. The average Bonchev–Trinajstić information content (AvgIpc) is 2.95. The smallest absolute Gasteiger partial charge is 0.451 e. The molecule has 3 aromatic rings. The van der Waals surface area contributed by atoms with Gasteiger partial charge >= 0.3 is 12.4 Å². The first-order chi connectivity index (χ1) is 13.8. The molecule has 1 heterocycles. The van der Waals surface area contributed by atoms with Gasteiger partial charge in [-0.3, -0.25) is 10.2 Å². The first-order valence-corrected chi connectivity index (χ1v) is 8.26. The minimum atomic E-state index is -4.91. The Morgan fingerprint density at radius 2 is 1.77 bits per heavy atom. The van der Waals surface area contributed by atoms with E-state index >= 15 is 0 Å². The lowest BCUT2D eigenvalue weighted by Gasteiger charge is -2.13. The number of imidazole rings is 1. The molecule has 1 N–H and O–H groups in total. The number of benzene rings is 2. The Balaban J connectivity index is 2.07. The highest BCUT2D eigenvalue weighted by Crippen LogP contribution is 2.39. The van der Waals surface area contributed by atoms with Crippen LogP contribution in [0.4, 0.5) is 30.7 Å². The van der Waals surface area contributed by atoms with Crippen molar-refractivity contribution < 1.29 is 40.3 Å². The summed E-state index contributed by atoms with van der Waals surface area (Å²) in [6.07, 6.45) is -9.76. The van der Waals surface area contributed by atoms with Gasteiger partial charge in [0.15, 0.2) is 11.6 Å². The third-order valence-electron chi connectivity index (χ3n) is 3.69. The van der Waals surface area contributed by atoms with E-state index in [-0.39, 0.29) is 22.8 Å². The van der Waals surface area contributed by atoms with E-state index in [0.717, 1.165) is 25.1 Å². The van der Waals surface area contributed by atoms with Crippen molar-refractivity contribution in [3.8, 4) is 11.5 Å². The molecule has 1 amide bonds. The number of amides is 1. The van der Waals surface area contributed by atoms with Gasteiger partial charge in [0.1, 0.15) is 5.75 Å². The molecule has 0 aliphatic rings. The zero-order valence-electron chi connectivity index (χ0n) is 14.6. The molecule has 0 fully saturated rings. The SMILES string of the molecule is CC(=O)Nn1c(C(F)(F)F)nc2ccc(Oc3c(F)cc(C(F)(F)F)cc3Cl)cc21. The highest BCUT2D eigenvalue weighted by molar-refractivity contribution is 6.32. The molecule has 0 aliphatic carbocycles. The Labute approximate surface area is 168 Å². The molecule has 0 unspecified atom stereocenters. The number of aromatic nitrogens is 2. The predicted octanol–water partition coefficient (Wildman–Crippen LogP) is 5.75. The van der Waals surface area contributed by atoms with Gasteiger partial charge in [0, 0.05) is 13.0 Å². The van der Waals surface area contributed by atoms with Crippen LogP contribution in [0, 0.1) is 5.82 Å². The van der Waals surface area contributed by atoms with Crippen molar-refractivity contribution in [1.29, 1.82) is 0 Å². The number of nitrogens with zero attached hydrogens (tertiary/aromatic N) is 2. The van der Waals surface area contributed by atoms with E-state index in [0.29, 0.717) is 10.7 Å². The standard InChI is InChI=1S/C17H9ClF7N3O2/c1-7(29)27-28-13-6-9(2-3-12(13)26-15(28)17(23,24)25)30-14-10(18)4-8(5-11(14)19)16(20,21)22/h2-6H,1H3,(H,27,29). The van der Waals surface area contributed by atoms with Gasteiger partial charge in [0.25, 0.3) is 0 Å². The van der Waals surface area contributed by atoms with Crippen LogP contribution in [-0.2, 0) is 17.1 Å². The Kier molecular flexibility index (Phi) is 5.31. The van der Waals surface area contributed by atoms with E-state index in [2.05, 4.69) is 4.98 Å². The highest BCUT2D eigenvalue weighted by Gasteiger charge is 2.38. The summed E-state index contributed by atoms with van der Waals surface area (Å²) in [7, 11) is 0. The molecule has 160 valence electrons. The molecule has 2 aromatic carbocycles. The first kappa shape index (κ1) is 21.7. The van der Waals surface area contributed by atoms with Gasteiger partial charge in [-0.1, -0.05) is 11.6 Å². The fourth-order valence-corrected chi connectivity index (χ4v) is 2.76. The molecular formula is C17H9ClF7N3O2. The zero-order valence-corrected chi connectivity index (χ0v) is 15.4. The maximum Gasteiger partial charge on any atom is 0.451 e. The van der Waals surface area contributed by atoms with E-state index in [1.807, 2.05) is 5.43 Å². The lowest BCUT2D eigenvalue weighted by molar-refractivity contribution is -0.146. The third-order valence-corrected chi connectivity index (χ3v) is 3.98. The Morgan fingerprint density at radius 3 is 2.30 bits per heavy atom. The topological polar surface area (TPSA) is 56.2 Å². The number of alkyl halides is 6. The number of carbonyl (C=O) groups excluding carboxylic acids is 1. The second-order valence-corrected chi connectivity index (χ2v) is 6.36. The highest BCUT2D eigenvalue weighted by atomic mass is 35.5. The Morgan fingerprint density at radius 1 is 1.10 bits per heavy atom. The van der Waals surface area contributed by atoms with E-state index < -0.39 is 46.2 Å². The summed E-state index contributed by atoms with van der Waals surface area (Å²) in [5.41, 5.74) is 0.184. The van der Waals surface area contributed by atoms with Crippen LogP contribution in [0.15, 0.2) is 30.3 Å². The van der Waals surface area contributed by atoms with Crippen LogP contribution in [0.3, 0.4) is 0 Å². The molecule has 0 saturated carbocycles. The maximum absolute atomic E-state index is 14.1. The summed E-state index contributed by atoms with van der Waals surface area (Å²) in [4.78, 5) is 14.7. The number of rotatable bonds is 3. The number of hydrogen-bond donors (Lipinski definition) is 1. The number of hydrogen-bond acceptors (Lipinski definition) is 3. The molecule has 1 aromatic heterocycles. The van der Waals surface area contributed by atoms with E-state index in [4.69, 9.17) is 16.3 Å². The minimum Gasteiger partial charge on any atom is -0.453 e. The zero-order chi connectivity index (χ0) is 22.4. The second-order valence-electron chi connectivity index (χ2n) is 5.96. The maximum atomic E-state index is 14.1. The van der Waals surface area contributed by atoms with Crippen molar-refractivity contribution in [1.82, 2.24) is 9.66 Å². The quantitative estimate of drug-likeness (QED) is 0.512. The molecule has 0 radical (unpaired) electrons. The molecule has 0 aliphatic heterocycles. The number of carbonyl (C=O) groups is 1. The van der Waals surface area contributed by atoms with Gasteiger partial charge in [0.05, 0.1) is 21.6 Å². The first-order valence-electron chi connectivity index (χ1n) is 7.88. The normalized spacial score (nSPS) is 12.3. The van der Waals surface area contributed by atoms with E-state index in [1.165, 1.54) is 0 Å². The molecule has 0 saturated heterocycles. The lowest BCUT2D eigenvalue weighted by Crippen LogP contribution is -2.26. The van der Waals surface area contributed by atoms with Crippen molar-refractivity contribution in [2.75, 3.05) is 5.43 Å². The number of fused-ring (bicyclic) bond motifs is 1. The van der Waals surface area contributed by atoms with Gasteiger partial charge in [0.2, 0.25) is 11.7 Å². The Hall–Kier alpha value is -3.02. The monoisotopic (exact) mass is 455 g/mol. The summed E-state index contributed by atoms with van der Waals surface area (Å²) >= 11 is 5.68. The van der Waals surface area contributed by atoms with Gasteiger partial charge in [-0.2, -0.15) is 26.3 Å². The minimum absolute atomic E-state index is 0.170. The summed E-state index contributed by atoms with van der Waals surface area (Å²) in [5.74, 6) is -4.71. The number of halogens is 8. The van der Waals surface area contributed by atoms with Crippen LogP contribution >= 0.6 is 11.6 Å². The van der Waals surface area contributed by atoms with E-state index in [9.17, 15) is 35.5 Å². The van der Waals surface area contributed by atoms with Gasteiger partial charge in [-0.25, -0.2) is 14.1 Å². The van der Waals surface area contributed by atoms with Crippen molar-refractivity contribution in [3.63, 3.8) is 0 Å². The molecule has 5 nitrogen and oxygen atoms in total. The van der Waals surface area contributed by atoms with Crippen LogP contribution in [0.25, 0.3) is 11.0 Å². The van der Waals surface area contributed by atoms with Gasteiger partial charge in [-0.05, 0) is 24.3 Å². The summed E-state index contributed by atoms with van der Waals surface area (Å²) in [5, 5.41) is -0.700. The van der Waals surface area contributed by atoms with Crippen LogP contribution < -0.4 is 10.2 Å². The predicted molar refractivity (Wildman–Crippen MR) is 91.3 cm³/mol. The van der Waals surface area contributed by atoms with Crippen molar-refractivity contribution in [2.24, 2.45) is 0 Å². The van der Waals surface area contributed by atoms with Crippen LogP contribution in [0.5, 0.6) is 11.5 Å². The van der Waals surface area contributed by atoms with Gasteiger partial charge < -0.3 is 4.74 Å². The average molecular weight is 456 g/mol. The van der Waals surface area contributed by atoms with Gasteiger partial charge in [-0.15, -0.1) is 0 Å².